The molecule has 2 aromatic carbocycles. The molecule has 0 bridgehead atoms. The average molecular weight is 353 g/mol. The predicted molar refractivity (Wildman–Crippen MR) is 82.9 cm³/mol. The Labute approximate surface area is 141 Å². The second kappa shape index (κ2) is 8.18. The summed E-state index contributed by atoms with van der Waals surface area (Å²) in [6.45, 7) is -0.494. The van der Waals surface area contributed by atoms with Crippen molar-refractivity contribution in [1.82, 2.24) is 0 Å². The van der Waals surface area contributed by atoms with Gasteiger partial charge < -0.3 is 14.8 Å². The molecule has 0 radical (unpaired) electrons. The van der Waals surface area contributed by atoms with E-state index in [1.807, 2.05) is 6.07 Å². The summed E-state index contributed by atoms with van der Waals surface area (Å²) in [6.07, 6.45) is -4.74. The quantitative estimate of drug-likeness (QED) is 0.810. The molecule has 2 rings (SSSR count). The van der Waals surface area contributed by atoms with Crippen molar-refractivity contribution in [3.63, 3.8) is 0 Å². The highest BCUT2D eigenvalue weighted by Crippen LogP contribution is 2.23. The summed E-state index contributed by atoms with van der Waals surface area (Å²) in [5.74, 6) is -1.57. The van der Waals surface area contributed by atoms with Gasteiger partial charge >= 0.3 is 12.3 Å². The smallest absolute Gasteiger partial charge is 0.455 e. The van der Waals surface area contributed by atoms with Crippen molar-refractivity contribution in [2.45, 2.75) is 12.8 Å². The van der Waals surface area contributed by atoms with E-state index < -0.39 is 30.6 Å². The highest BCUT2D eigenvalue weighted by Gasteiger charge is 2.30. The third kappa shape index (κ3) is 6.94. The van der Waals surface area contributed by atoms with Crippen molar-refractivity contribution in [3.8, 4) is 5.75 Å². The molecule has 2 aromatic rings. The Bertz CT molecular complexity index is 715. The predicted octanol–water partition coefficient (Wildman–Crippen LogP) is 3.31. The summed E-state index contributed by atoms with van der Waals surface area (Å²) < 4.78 is 44.7. The van der Waals surface area contributed by atoms with Crippen LogP contribution in [0.2, 0.25) is 0 Å². The SMILES string of the molecule is O=C(COC(=O)Cc1ccccc1)Nc1ccc(OC(F)(F)F)cc1. The van der Waals surface area contributed by atoms with Gasteiger partial charge in [0.1, 0.15) is 5.75 Å². The molecule has 0 saturated carbocycles. The van der Waals surface area contributed by atoms with Gasteiger partial charge in [-0.2, -0.15) is 0 Å². The van der Waals surface area contributed by atoms with E-state index in [1.165, 1.54) is 12.1 Å². The van der Waals surface area contributed by atoms with Gasteiger partial charge in [0.05, 0.1) is 6.42 Å². The summed E-state index contributed by atoms with van der Waals surface area (Å²) in [5, 5.41) is 2.40. The van der Waals surface area contributed by atoms with Crippen LogP contribution in [0.1, 0.15) is 5.56 Å². The number of alkyl halides is 3. The zero-order valence-electron chi connectivity index (χ0n) is 12.9. The lowest BCUT2D eigenvalue weighted by Gasteiger charge is -2.10. The molecule has 0 atom stereocenters. The molecule has 0 aliphatic rings. The Balaban J connectivity index is 1.77. The van der Waals surface area contributed by atoms with Crippen LogP contribution in [0.15, 0.2) is 54.6 Å². The molecule has 132 valence electrons. The van der Waals surface area contributed by atoms with Crippen molar-refractivity contribution in [2.24, 2.45) is 0 Å². The van der Waals surface area contributed by atoms with Crippen LogP contribution in [0.3, 0.4) is 0 Å². The number of halogens is 3. The van der Waals surface area contributed by atoms with E-state index in [2.05, 4.69) is 10.1 Å². The number of anilines is 1. The van der Waals surface area contributed by atoms with E-state index in [0.29, 0.717) is 0 Å². The molecule has 1 N–H and O–H groups in total. The minimum atomic E-state index is -4.78. The summed E-state index contributed by atoms with van der Waals surface area (Å²) >= 11 is 0. The van der Waals surface area contributed by atoms with Crippen molar-refractivity contribution < 1.29 is 32.2 Å². The molecule has 0 saturated heterocycles. The second-order valence-electron chi connectivity index (χ2n) is 4.94. The van der Waals surface area contributed by atoms with Gasteiger partial charge in [-0.1, -0.05) is 30.3 Å². The maximum atomic E-state index is 12.0. The van der Waals surface area contributed by atoms with Crippen molar-refractivity contribution >= 4 is 17.6 Å². The summed E-state index contributed by atoms with van der Waals surface area (Å²) in [5.41, 5.74) is 1.01. The van der Waals surface area contributed by atoms with E-state index in [0.717, 1.165) is 17.7 Å². The van der Waals surface area contributed by atoms with Crippen LogP contribution in [-0.4, -0.2) is 24.8 Å². The minimum Gasteiger partial charge on any atom is -0.455 e. The van der Waals surface area contributed by atoms with Crippen LogP contribution in [0, 0.1) is 0 Å². The number of amides is 1. The van der Waals surface area contributed by atoms with Gasteiger partial charge in [0.2, 0.25) is 0 Å². The number of benzene rings is 2. The third-order valence-electron chi connectivity index (χ3n) is 2.93. The van der Waals surface area contributed by atoms with Crippen molar-refractivity contribution in [3.05, 3.63) is 60.2 Å². The number of carbonyl (C=O) groups excluding carboxylic acids is 2. The second-order valence-corrected chi connectivity index (χ2v) is 4.94. The first-order valence-corrected chi connectivity index (χ1v) is 7.17. The van der Waals surface area contributed by atoms with Crippen LogP contribution in [-0.2, 0) is 20.7 Å². The Morgan fingerprint density at radius 2 is 1.60 bits per heavy atom. The van der Waals surface area contributed by atoms with E-state index >= 15 is 0 Å². The summed E-state index contributed by atoms with van der Waals surface area (Å²) in [4.78, 5) is 23.3. The van der Waals surface area contributed by atoms with E-state index in [9.17, 15) is 22.8 Å². The lowest BCUT2D eigenvalue weighted by atomic mass is 10.2. The molecule has 25 heavy (non-hydrogen) atoms. The number of carbonyl (C=O) groups is 2. The average Bonchev–Trinajstić information content (AvgIpc) is 2.54. The van der Waals surface area contributed by atoms with Crippen LogP contribution >= 0.6 is 0 Å². The first kappa shape index (κ1) is 18.3. The van der Waals surface area contributed by atoms with Gasteiger partial charge in [-0.15, -0.1) is 13.2 Å². The molecule has 0 spiro atoms. The van der Waals surface area contributed by atoms with Crippen molar-refractivity contribution in [2.75, 3.05) is 11.9 Å². The number of rotatable bonds is 6. The molecule has 0 aliphatic carbocycles. The van der Waals surface area contributed by atoms with Gasteiger partial charge in [-0.3, -0.25) is 9.59 Å². The zero-order chi connectivity index (χ0) is 18.3. The lowest BCUT2D eigenvalue weighted by molar-refractivity contribution is -0.274. The number of hydrogen-bond donors (Lipinski definition) is 1. The molecular formula is C17H14F3NO4. The lowest BCUT2D eigenvalue weighted by Crippen LogP contribution is -2.21. The first-order valence-electron chi connectivity index (χ1n) is 7.17. The summed E-state index contributed by atoms with van der Waals surface area (Å²) in [6, 6.07) is 13.5. The van der Waals surface area contributed by atoms with E-state index in [4.69, 9.17) is 4.74 Å². The van der Waals surface area contributed by atoms with Gasteiger partial charge in [0.15, 0.2) is 6.61 Å². The Morgan fingerprint density at radius 3 is 2.20 bits per heavy atom. The van der Waals surface area contributed by atoms with Gasteiger partial charge in [-0.05, 0) is 29.8 Å². The van der Waals surface area contributed by atoms with E-state index in [1.54, 1.807) is 24.3 Å². The fourth-order valence-corrected chi connectivity index (χ4v) is 1.90. The molecule has 0 aliphatic heterocycles. The third-order valence-corrected chi connectivity index (χ3v) is 2.93. The highest BCUT2D eigenvalue weighted by atomic mass is 19.4. The Morgan fingerprint density at radius 1 is 0.960 bits per heavy atom. The monoisotopic (exact) mass is 353 g/mol. The van der Waals surface area contributed by atoms with Crippen molar-refractivity contribution in [1.29, 1.82) is 0 Å². The number of nitrogens with one attached hydrogen (secondary N) is 1. The normalized spacial score (nSPS) is 10.8. The molecule has 1 amide bonds. The maximum Gasteiger partial charge on any atom is 0.573 e. The van der Waals surface area contributed by atoms with Crippen LogP contribution in [0.5, 0.6) is 5.75 Å². The molecule has 0 fully saturated rings. The zero-order valence-corrected chi connectivity index (χ0v) is 12.9. The van der Waals surface area contributed by atoms with Crippen LogP contribution in [0.25, 0.3) is 0 Å². The highest BCUT2D eigenvalue weighted by molar-refractivity contribution is 5.92. The van der Waals surface area contributed by atoms with Gasteiger partial charge in [-0.25, -0.2) is 0 Å². The Hall–Kier alpha value is -3.03. The molecule has 5 nitrogen and oxygen atoms in total. The van der Waals surface area contributed by atoms with Crippen LogP contribution < -0.4 is 10.1 Å². The fourth-order valence-electron chi connectivity index (χ4n) is 1.90. The number of ether oxygens (including phenoxy) is 2. The van der Waals surface area contributed by atoms with Crippen LogP contribution in [0.4, 0.5) is 18.9 Å². The maximum absolute atomic E-state index is 12.0. The largest absolute Gasteiger partial charge is 0.573 e. The molecule has 0 unspecified atom stereocenters. The molecular weight excluding hydrogens is 339 g/mol. The van der Waals surface area contributed by atoms with Gasteiger partial charge in [0, 0.05) is 5.69 Å². The minimum absolute atomic E-state index is 0.0393. The first-order chi connectivity index (χ1) is 11.8. The van der Waals surface area contributed by atoms with E-state index in [-0.39, 0.29) is 12.1 Å². The standard InChI is InChI=1S/C17H14F3NO4/c18-17(19,20)25-14-8-6-13(7-9-14)21-15(22)11-24-16(23)10-12-4-2-1-3-5-12/h1-9H,10-11H2,(H,21,22). The number of esters is 1. The fraction of sp³-hybridized carbons (Fsp3) is 0.176. The summed E-state index contributed by atoms with van der Waals surface area (Å²) in [7, 11) is 0. The molecule has 0 heterocycles. The molecule has 0 aromatic heterocycles. The van der Waals surface area contributed by atoms with Gasteiger partial charge in [0.25, 0.3) is 5.91 Å². The topological polar surface area (TPSA) is 64.6 Å². The molecule has 8 heteroatoms. The number of hydrogen-bond acceptors (Lipinski definition) is 4. The Kier molecular flexibility index (Phi) is 5.99.